The average Bonchev–Trinajstić information content (AvgIpc) is 3.36. The molecule has 0 aliphatic carbocycles. The van der Waals surface area contributed by atoms with Crippen molar-refractivity contribution in [3.05, 3.63) is 64.6 Å². The smallest absolute Gasteiger partial charge is 0.271 e. The topological polar surface area (TPSA) is 58.2 Å². The number of likely N-dealkylation sites (tertiary alicyclic amines) is 1. The van der Waals surface area contributed by atoms with Crippen LogP contribution in [-0.4, -0.2) is 40.5 Å². The Kier molecular flexibility index (Phi) is 4.33. The lowest BCUT2D eigenvalue weighted by Gasteiger charge is -2.43. The molecule has 5 nitrogen and oxygen atoms in total. The Morgan fingerprint density at radius 3 is 2.75 bits per heavy atom. The molecule has 4 heterocycles. The Morgan fingerprint density at radius 1 is 1.25 bits per heavy atom. The molecule has 2 aliphatic rings. The summed E-state index contributed by atoms with van der Waals surface area (Å²) in [7, 11) is 0. The van der Waals surface area contributed by atoms with Crippen LogP contribution in [0.15, 0.2) is 42.6 Å². The molecule has 1 spiro atoms. The zero-order chi connectivity index (χ0) is 19.1. The lowest BCUT2D eigenvalue weighted by molar-refractivity contribution is -0.0906. The van der Waals surface area contributed by atoms with Crippen molar-refractivity contribution < 1.29 is 9.53 Å². The third-order valence-electron chi connectivity index (χ3n) is 5.82. The summed E-state index contributed by atoms with van der Waals surface area (Å²) < 4.78 is 6.37. The molecule has 0 bridgehead atoms. The fourth-order valence-corrected chi connectivity index (χ4v) is 5.73. The number of aromatic amines is 1. The first-order chi connectivity index (χ1) is 13.6. The summed E-state index contributed by atoms with van der Waals surface area (Å²) in [5.41, 5.74) is 3.01. The number of hydrogen-bond acceptors (Lipinski definition) is 4. The SMILES string of the molecule is Cc1ncc(C(=O)N2CCC3(CC2)OCCc2cc(-c4ccccc4)sc23)[nH]1. The average molecular weight is 394 g/mol. The Balaban J connectivity index is 1.38. The minimum absolute atomic E-state index is 0.0302. The minimum Gasteiger partial charge on any atom is -0.369 e. The molecule has 0 radical (unpaired) electrons. The van der Waals surface area contributed by atoms with E-state index >= 15 is 0 Å². The van der Waals surface area contributed by atoms with Gasteiger partial charge in [0.05, 0.1) is 12.8 Å². The number of aromatic nitrogens is 2. The van der Waals surface area contributed by atoms with Crippen molar-refractivity contribution in [1.82, 2.24) is 14.9 Å². The van der Waals surface area contributed by atoms with Crippen LogP contribution in [-0.2, 0) is 16.8 Å². The molecule has 0 saturated carbocycles. The van der Waals surface area contributed by atoms with Crippen molar-refractivity contribution in [2.45, 2.75) is 31.8 Å². The summed E-state index contributed by atoms with van der Waals surface area (Å²) in [6.07, 6.45) is 4.28. The molecule has 1 aromatic carbocycles. The molecule has 3 aromatic rings. The van der Waals surface area contributed by atoms with Crippen molar-refractivity contribution in [2.75, 3.05) is 19.7 Å². The van der Waals surface area contributed by atoms with Gasteiger partial charge in [0.15, 0.2) is 0 Å². The zero-order valence-corrected chi connectivity index (χ0v) is 16.7. The predicted octanol–water partition coefficient (Wildman–Crippen LogP) is 4.15. The van der Waals surface area contributed by atoms with E-state index in [1.807, 2.05) is 23.2 Å². The van der Waals surface area contributed by atoms with Gasteiger partial charge in [-0.1, -0.05) is 30.3 Å². The van der Waals surface area contributed by atoms with Gasteiger partial charge in [0, 0.05) is 22.8 Å². The van der Waals surface area contributed by atoms with Gasteiger partial charge in [0.1, 0.15) is 17.1 Å². The van der Waals surface area contributed by atoms with E-state index in [0.29, 0.717) is 18.8 Å². The van der Waals surface area contributed by atoms with Crippen LogP contribution < -0.4 is 0 Å². The highest BCUT2D eigenvalue weighted by Gasteiger charge is 2.43. The van der Waals surface area contributed by atoms with Crippen LogP contribution in [0.3, 0.4) is 0 Å². The number of fused-ring (bicyclic) bond motifs is 2. The standard InChI is InChI=1S/C22H23N3O2S/c1-15-23-14-18(24-15)21(26)25-10-8-22(9-11-25)20-17(7-12-27-22)13-19(28-20)16-5-3-2-4-6-16/h2-6,13-14H,7-12H2,1H3,(H,23,24). The van der Waals surface area contributed by atoms with Gasteiger partial charge < -0.3 is 14.6 Å². The van der Waals surface area contributed by atoms with E-state index in [1.165, 1.54) is 20.9 Å². The van der Waals surface area contributed by atoms with Crippen molar-refractivity contribution in [2.24, 2.45) is 0 Å². The molecule has 6 heteroatoms. The number of carbonyl (C=O) groups excluding carboxylic acids is 1. The number of benzene rings is 1. The number of rotatable bonds is 2. The zero-order valence-electron chi connectivity index (χ0n) is 15.9. The van der Waals surface area contributed by atoms with E-state index in [4.69, 9.17) is 4.74 Å². The van der Waals surface area contributed by atoms with Crippen LogP contribution in [0.2, 0.25) is 0 Å². The van der Waals surface area contributed by atoms with Crippen LogP contribution in [0.1, 0.15) is 39.6 Å². The summed E-state index contributed by atoms with van der Waals surface area (Å²) in [6, 6.07) is 12.9. The molecule has 0 unspecified atom stereocenters. The monoisotopic (exact) mass is 393 g/mol. The molecule has 28 heavy (non-hydrogen) atoms. The fourth-order valence-electron chi connectivity index (χ4n) is 4.31. The van der Waals surface area contributed by atoms with Crippen LogP contribution in [0, 0.1) is 6.92 Å². The van der Waals surface area contributed by atoms with E-state index in [9.17, 15) is 4.79 Å². The molecule has 1 N–H and O–H groups in total. The lowest BCUT2D eigenvalue weighted by atomic mass is 9.85. The normalized spacial score (nSPS) is 18.2. The number of hydrogen-bond donors (Lipinski definition) is 1. The first kappa shape index (κ1) is 17.6. The first-order valence-electron chi connectivity index (χ1n) is 9.78. The van der Waals surface area contributed by atoms with Gasteiger partial charge in [0.2, 0.25) is 0 Å². The number of ether oxygens (including phenoxy) is 1. The van der Waals surface area contributed by atoms with Gasteiger partial charge in [0.25, 0.3) is 5.91 Å². The third kappa shape index (κ3) is 2.97. The Hall–Kier alpha value is -2.44. The fraction of sp³-hybridized carbons (Fsp3) is 0.364. The van der Waals surface area contributed by atoms with Crippen LogP contribution >= 0.6 is 11.3 Å². The molecular formula is C22H23N3O2S. The number of nitrogens with zero attached hydrogens (tertiary/aromatic N) is 2. The molecular weight excluding hydrogens is 370 g/mol. The largest absolute Gasteiger partial charge is 0.369 e. The number of nitrogens with one attached hydrogen (secondary N) is 1. The molecule has 144 valence electrons. The first-order valence-corrected chi connectivity index (χ1v) is 10.6. The van der Waals surface area contributed by atoms with Crippen molar-refractivity contribution in [1.29, 1.82) is 0 Å². The maximum atomic E-state index is 12.7. The number of carbonyl (C=O) groups is 1. The van der Waals surface area contributed by atoms with Crippen LogP contribution in [0.4, 0.5) is 0 Å². The number of thiophene rings is 1. The number of aryl methyl sites for hydroxylation is 1. The molecule has 1 amide bonds. The highest BCUT2D eigenvalue weighted by Crippen LogP contribution is 2.47. The maximum Gasteiger partial charge on any atom is 0.271 e. The van der Waals surface area contributed by atoms with E-state index in [1.54, 1.807) is 6.20 Å². The van der Waals surface area contributed by atoms with Crippen LogP contribution in [0.5, 0.6) is 0 Å². The van der Waals surface area contributed by atoms with E-state index in [-0.39, 0.29) is 11.5 Å². The molecule has 1 saturated heterocycles. The summed E-state index contributed by atoms with van der Waals surface area (Å²) >= 11 is 1.86. The molecule has 5 rings (SSSR count). The van der Waals surface area contributed by atoms with Crippen molar-refractivity contribution in [3.8, 4) is 10.4 Å². The number of amides is 1. The summed E-state index contributed by atoms with van der Waals surface area (Å²) in [4.78, 5) is 24.5. The highest BCUT2D eigenvalue weighted by molar-refractivity contribution is 7.15. The predicted molar refractivity (Wildman–Crippen MR) is 110 cm³/mol. The highest BCUT2D eigenvalue weighted by atomic mass is 32.1. The Morgan fingerprint density at radius 2 is 2.04 bits per heavy atom. The Labute approximate surface area is 168 Å². The van der Waals surface area contributed by atoms with Gasteiger partial charge in [-0.3, -0.25) is 4.79 Å². The third-order valence-corrected chi connectivity index (χ3v) is 7.23. The maximum absolute atomic E-state index is 12.7. The number of piperidine rings is 1. The molecule has 2 aliphatic heterocycles. The van der Waals surface area contributed by atoms with E-state index in [2.05, 4.69) is 46.4 Å². The van der Waals surface area contributed by atoms with E-state index in [0.717, 1.165) is 31.7 Å². The second-order valence-corrected chi connectivity index (χ2v) is 8.65. The summed E-state index contributed by atoms with van der Waals surface area (Å²) in [5, 5.41) is 0. The number of H-pyrrole nitrogens is 1. The molecule has 2 aromatic heterocycles. The van der Waals surface area contributed by atoms with Crippen molar-refractivity contribution >= 4 is 17.2 Å². The number of imidazole rings is 1. The molecule has 1 fully saturated rings. The van der Waals surface area contributed by atoms with Gasteiger partial charge in [-0.25, -0.2) is 4.98 Å². The van der Waals surface area contributed by atoms with E-state index < -0.39 is 0 Å². The van der Waals surface area contributed by atoms with Gasteiger partial charge in [-0.2, -0.15) is 0 Å². The van der Waals surface area contributed by atoms with Gasteiger partial charge >= 0.3 is 0 Å². The minimum atomic E-state index is -0.244. The lowest BCUT2D eigenvalue weighted by Crippen LogP contribution is -2.48. The Bertz CT molecular complexity index is 1000. The summed E-state index contributed by atoms with van der Waals surface area (Å²) in [5.74, 6) is 0.798. The summed E-state index contributed by atoms with van der Waals surface area (Å²) in [6.45, 7) is 4.02. The quantitative estimate of drug-likeness (QED) is 0.712. The van der Waals surface area contributed by atoms with Gasteiger partial charge in [-0.15, -0.1) is 11.3 Å². The second-order valence-electron chi connectivity index (χ2n) is 7.60. The van der Waals surface area contributed by atoms with Crippen molar-refractivity contribution in [3.63, 3.8) is 0 Å². The second kappa shape index (κ2) is 6.87. The molecule has 0 atom stereocenters. The van der Waals surface area contributed by atoms with Crippen LogP contribution in [0.25, 0.3) is 10.4 Å². The van der Waals surface area contributed by atoms with Gasteiger partial charge in [-0.05, 0) is 43.4 Å².